The standard InChI is InChI=1S/C15H13ClN4S2/c16-13-6-3-10(8-17-13)9-22-15-19-18-14(12-2-1-7-21-12)20(15)11-4-5-11/h1-3,6-8,11H,4-5,9H2. The third-order valence-corrected chi connectivity index (χ3v) is 5.58. The van der Waals surface area contributed by atoms with Gasteiger partial charge in [-0.15, -0.1) is 21.5 Å². The lowest BCUT2D eigenvalue weighted by Gasteiger charge is -2.07. The van der Waals surface area contributed by atoms with Crippen molar-refractivity contribution in [3.63, 3.8) is 0 Å². The van der Waals surface area contributed by atoms with Crippen molar-refractivity contribution in [3.05, 3.63) is 46.6 Å². The zero-order valence-electron chi connectivity index (χ0n) is 11.6. The summed E-state index contributed by atoms with van der Waals surface area (Å²) in [6.07, 6.45) is 4.24. The second-order valence-electron chi connectivity index (χ2n) is 5.16. The van der Waals surface area contributed by atoms with Crippen molar-refractivity contribution in [1.29, 1.82) is 0 Å². The van der Waals surface area contributed by atoms with E-state index in [0.717, 1.165) is 22.3 Å². The van der Waals surface area contributed by atoms with Crippen LogP contribution in [0.4, 0.5) is 0 Å². The van der Waals surface area contributed by atoms with Gasteiger partial charge in [-0.05, 0) is 35.9 Å². The molecule has 1 aliphatic carbocycles. The number of thioether (sulfide) groups is 1. The van der Waals surface area contributed by atoms with Crippen LogP contribution in [0.15, 0.2) is 41.0 Å². The minimum absolute atomic E-state index is 0.523. The molecule has 0 aromatic carbocycles. The first kappa shape index (κ1) is 14.2. The molecule has 7 heteroatoms. The van der Waals surface area contributed by atoms with Crippen molar-refractivity contribution >= 4 is 34.7 Å². The molecule has 0 N–H and O–H groups in total. The van der Waals surface area contributed by atoms with E-state index in [1.165, 1.54) is 17.7 Å². The Morgan fingerprint density at radius 3 is 2.86 bits per heavy atom. The number of pyridine rings is 1. The molecule has 0 atom stereocenters. The first-order valence-electron chi connectivity index (χ1n) is 7.03. The summed E-state index contributed by atoms with van der Waals surface area (Å²) in [4.78, 5) is 5.30. The molecule has 0 bridgehead atoms. The maximum absolute atomic E-state index is 5.82. The second kappa shape index (κ2) is 6.02. The molecule has 0 amide bonds. The molecule has 0 radical (unpaired) electrons. The number of hydrogen-bond donors (Lipinski definition) is 0. The van der Waals surface area contributed by atoms with Crippen molar-refractivity contribution in [2.45, 2.75) is 29.8 Å². The Hall–Kier alpha value is -1.37. The SMILES string of the molecule is Clc1ccc(CSc2nnc(-c3cccs3)n2C2CC2)cn1. The lowest BCUT2D eigenvalue weighted by Crippen LogP contribution is -1.99. The van der Waals surface area contributed by atoms with Crippen LogP contribution in [0.25, 0.3) is 10.7 Å². The molecule has 1 fully saturated rings. The molecule has 0 unspecified atom stereocenters. The number of aromatic nitrogens is 4. The van der Waals surface area contributed by atoms with Crippen LogP contribution in [0.5, 0.6) is 0 Å². The smallest absolute Gasteiger partial charge is 0.192 e. The third-order valence-electron chi connectivity index (χ3n) is 3.47. The Bertz CT molecular complexity index is 763. The van der Waals surface area contributed by atoms with Crippen LogP contribution in [0.2, 0.25) is 5.15 Å². The minimum atomic E-state index is 0.523. The molecule has 3 heterocycles. The number of thiophene rings is 1. The highest BCUT2D eigenvalue weighted by Crippen LogP contribution is 2.42. The molecule has 1 aliphatic rings. The molecule has 3 aromatic heterocycles. The van der Waals surface area contributed by atoms with Gasteiger partial charge in [-0.3, -0.25) is 4.57 Å². The molecule has 3 aromatic rings. The Kier molecular flexibility index (Phi) is 3.90. The molecule has 1 saturated carbocycles. The highest BCUT2D eigenvalue weighted by atomic mass is 35.5. The topological polar surface area (TPSA) is 43.6 Å². The quantitative estimate of drug-likeness (QED) is 0.496. The van der Waals surface area contributed by atoms with Gasteiger partial charge in [-0.1, -0.05) is 35.5 Å². The van der Waals surface area contributed by atoms with E-state index < -0.39 is 0 Å². The fourth-order valence-corrected chi connectivity index (χ4v) is 4.01. The van der Waals surface area contributed by atoms with Gasteiger partial charge in [-0.25, -0.2) is 4.98 Å². The number of hydrogen-bond acceptors (Lipinski definition) is 5. The van der Waals surface area contributed by atoms with Crippen LogP contribution in [-0.2, 0) is 5.75 Å². The largest absolute Gasteiger partial charge is 0.298 e. The van der Waals surface area contributed by atoms with E-state index >= 15 is 0 Å². The summed E-state index contributed by atoms with van der Waals surface area (Å²) < 4.78 is 2.29. The lowest BCUT2D eigenvalue weighted by atomic mass is 10.3. The molecule has 0 spiro atoms. The average Bonchev–Trinajstić information content (AvgIpc) is 3.06. The number of nitrogens with zero attached hydrogens (tertiary/aromatic N) is 4. The van der Waals surface area contributed by atoms with E-state index in [-0.39, 0.29) is 0 Å². The Balaban J connectivity index is 1.58. The van der Waals surface area contributed by atoms with Crippen LogP contribution >= 0.6 is 34.7 Å². The van der Waals surface area contributed by atoms with Gasteiger partial charge in [0, 0.05) is 18.0 Å². The van der Waals surface area contributed by atoms with Gasteiger partial charge in [0.1, 0.15) is 5.15 Å². The van der Waals surface area contributed by atoms with Gasteiger partial charge in [0.05, 0.1) is 4.88 Å². The van der Waals surface area contributed by atoms with E-state index in [4.69, 9.17) is 11.6 Å². The summed E-state index contributed by atoms with van der Waals surface area (Å²) in [6, 6.07) is 8.53. The van der Waals surface area contributed by atoms with Crippen LogP contribution in [0.3, 0.4) is 0 Å². The first-order valence-corrected chi connectivity index (χ1v) is 9.27. The summed E-state index contributed by atoms with van der Waals surface area (Å²) >= 11 is 9.23. The predicted molar refractivity (Wildman–Crippen MR) is 90.4 cm³/mol. The predicted octanol–water partition coefficient (Wildman–Crippen LogP) is 4.68. The van der Waals surface area contributed by atoms with E-state index in [1.54, 1.807) is 23.1 Å². The van der Waals surface area contributed by atoms with Crippen LogP contribution in [0, 0.1) is 0 Å². The van der Waals surface area contributed by atoms with Crippen LogP contribution in [0.1, 0.15) is 24.4 Å². The maximum atomic E-state index is 5.82. The van der Waals surface area contributed by atoms with Gasteiger partial charge >= 0.3 is 0 Å². The summed E-state index contributed by atoms with van der Waals surface area (Å²) in [7, 11) is 0. The minimum Gasteiger partial charge on any atom is -0.298 e. The molecule has 112 valence electrons. The molecule has 4 rings (SSSR count). The summed E-state index contributed by atoms with van der Waals surface area (Å²) in [5.41, 5.74) is 1.14. The van der Waals surface area contributed by atoms with Crippen LogP contribution < -0.4 is 0 Å². The maximum Gasteiger partial charge on any atom is 0.192 e. The van der Waals surface area contributed by atoms with E-state index in [1.807, 2.05) is 18.3 Å². The monoisotopic (exact) mass is 348 g/mol. The van der Waals surface area contributed by atoms with Gasteiger partial charge < -0.3 is 0 Å². The van der Waals surface area contributed by atoms with Gasteiger partial charge in [0.25, 0.3) is 0 Å². The zero-order valence-corrected chi connectivity index (χ0v) is 14.0. The fraction of sp³-hybridized carbons (Fsp3) is 0.267. The van der Waals surface area contributed by atoms with E-state index in [9.17, 15) is 0 Å². The Labute approximate surface area is 141 Å². The zero-order chi connectivity index (χ0) is 14.9. The number of rotatable bonds is 5. The van der Waals surface area contributed by atoms with Crippen molar-refractivity contribution in [2.75, 3.05) is 0 Å². The van der Waals surface area contributed by atoms with Crippen molar-refractivity contribution in [1.82, 2.24) is 19.7 Å². The molecule has 0 aliphatic heterocycles. The molecule has 4 nitrogen and oxygen atoms in total. The second-order valence-corrected chi connectivity index (χ2v) is 7.44. The van der Waals surface area contributed by atoms with Crippen molar-refractivity contribution < 1.29 is 0 Å². The number of halogens is 1. The Morgan fingerprint density at radius 2 is 2.18 bits per heavy atom. The van der Waals surface area contributed by atoms with Crippen LogP contribution in [-0.4, -0.2) is 19.7 Å². The summed E-state index contributed by atoms with van der Waals surface area (Å²) in [5.74, 6) is 1.81. The van der Waals surface area contributed by atoms with Crippen molar-refractivity contribution in [2.24, 2.45) is 0 Å². The highest BCUT2D eigenvalue weighted by molar-refractivity contribution is 7.98. The molecular formula is C15H13ClN4S2. The molecule has 0 saturated heterocycles. The lowest BCUT2D eigenvalue weighted by molar-refractivity contribution is 0.670. The average molecular weight is 349 g/mol. The van der Waals surface area contributed by atoms with Gasteiger partial charge in [0.2, 0.25) is 0 Å². The van der Waals surface area contributed by atoms with E-state index in [2.05, 4.69) is 37.3 Å². The molecular weight excluding hydrogens is 336 g/mol. The first-order chi connectivity index (χ1) is 10.8. The van der Waals surface area contributed by atoms with Gasteiger partial charge in [0.15, 0.2) is 11.0 Å². The molecule has 22 heavy (non-hydrogen) atoms. The Morgan fingerprint density at radius 1 is 1.27 bits per heavy atom. The highest BCUT2D eigenvalue weighted by Gasteiger charge is 2.30. The third kappa shape index (κ3) is 2.91. The summed E-state index contributed by atoms with van der Waals surface area (Å²) in [6.45, 7) is 0. The van der Waals surface area contributed by atoms with Crippen molar-refractivity contribution in [3.8, 4) is 10.7 Å². The fourth-order valence-electron chi connectivity index (χ4n) is 2.25. The van der Waals surface area contributed by atoms with E-state index in [0.29, 0.717) is 11.2 Å². The summed E-state index contributed by atoms with van der Waals surface area (Å²) in [5, 5.41) is 12.4. The van der Waals surface area contributed by atoms with Gasteiger partial charge in [-0.2, -0.15) is 0 Å². The normalized spacial score (nSPS) is 14.4.